The molecule has 0 N–H and O–H groups in total. The van der Waals surface area contributed by atoms with Crippen molar-refractivity contribution in [2.45, 2.75) is 68.8 Å². The van der Waals surface area contributed by atoms with E-state index >= 15 is 0 Å². The Labute approximate surface area is 203 Å². The van der Waals surface area contributed by atoms with Crippen molar-refractivity contribution in [1.82, 2.24) is 0 Å². The van der Waals surface area contributed by atoms with Crippen LogP contribution in [0.3, 0.4) is 0 Å². The molecule has 2 aromatic carbocycles. The summed E-state index contributed by atoms with van der Waals surface area (Å²) in [5.41, 5.74) is 6.42. The van der Waals surface area contributed by atoms with Gasteiger partial charge in [-0.2, -0.15) is 0 Å². The van der Waals surface area contributed by atoms with E-state index in [1.165, 1.54) is 62.5 Å². The van der Waals surface area contributed by atoms with E-state index in [0.717, 1.165) is 0 Å². The van der Waals surface area contributed by atoms with E-state index in [0.29, 0.717) is 3.63 Å². The third kappa shape index (κ3) is 5.43. The van der Waals surface area contributed by atoms with Gasteiger partial charge in [-0.15, -0.1) is 0 Å². The van der Waals surface area contributed by atoms with Crippen LogP contribution in [-0.4, -0.2) is 0 Å². The maximum absolute atomic E-state index is 2.48. The van der Waals surface area contributed by atoms with Gasteiger partial charge in [-0.05, 0) is 0 Å². The summed E-state index contributed by atoms with van der Waals surface area (Å²) in [5, 5.41) is 0. The van der Waals surface area contributed by atoms with Gasteiger partial charge in [0, 0.05) is 0 Å². The Hall–Kier alpha value is -1.72. The topological polar surface area (TPSA) is 0 Å². The molecule has 0 aromatic heterocycles. The summed E-state index contributed by atoms with van der Waals surface area (Å²) < 4.78 is 4.29. The molecular formula is C31H37Zr. The van der Waals surface area contributed by atoms with E-state index in [4.69, 9.17) is 0 Å². The van der Waals surface area contributed by atoms with Crippen LogP contribution in [0.25, 0.3) is 0 Å². The number of allylic oxidation sites excluding steroid dienone is 8. The van der Waals surface area contributed by atoms with Gasteiger partial charge in [-0.25, -0.2) is 0 Å². The van der Waals surface area contributed by atoms with Crippen molar-refractivity contribution in [3.63, 3.8) is 0 Å². The van der Waals surface area contributed by atoms with Crippen LogP contribution in [0.15, 0.2) is 103 Å². The minimum atomic E-state index is -2.27. The first-order valence-corrected chi connectivity index (χ1v) is 16.5. The first-order valence-electron chi connectivity index (χ1n) is 12.6. The molecule has 0 atom stereocenters. The number of benzene rings is 2. The predicted molar refractivity (Wildman–Crippen MR) is 135 cm³/mol. The van der Waals surface area contributed by atoms with Gasteiger partial charge in [-0.3, -0.25) is 0 Å². The Bertz CT molecular complexity index is 910. The van der Waals surface area contributed by atoms with Crippen molar-refractivity contribution in [2.75, 3.05) is 0 Å². The van der Waals surface area contributed by atoms with Gasteiger partial charge < -0.3 is 0 Å². The second kappa shape index (κ2) is 11.9. The maximum atomic E-state index is 2.48. The summed E-state index contributed by atoms with van der Waals surface area (Å²) in [7, 11) is 0. The number of rotatable bonds is 11. The summed E-state index contributed by atoms with van der Waals surface area (Å²) in [6, 6.07) is 22.9. The third-order valence-electron chi connectivity index (χ3n) is 6.86. The molecule has 2 aromatic rings. The molecule has 32 heavy (non-hydrogen) atoms. The third-order valence-corrected chi connectivity index (χ3v) is 15.7. The fraction of sp³-hybridized carbons (Fsp3) is 0.355. The van der Waals surface area contributed by atoms with Gasteiger partial charge in [0.25, 0.3) is 0 Å². The SMILES string of the molecule is CCCCC1=[C]([Zr]([C]2=C(CCCC)C=CC2)[CH](c2ccccc2)c2ccccc2)CC=C1. The Morgan fingerprint density at radius 2 is 1.09 bits per heavy atom. The van der Waals surface area contributed by atoms with E-state index < -0.39 is 21.8 Å². The van der Waals surface area contributed by atoms with Crippen LogP contribution >= 0.6 is 0 Å². The zero-order valence-corrected chi connectivity index (χ0v) is 22.3. The molecule has 0 nitrogen and oxygen atoms in total. The first-order chi connectivity index (χ1) is 15.8. The monoisotopic (exact) mass is 499 g/mol. The molecule has 0 heterocycles. The average Bonchev–Trinajstić information content (AvgIpc) is 3.50. The van der Waals surface area contributed by atoms with Gasteiger partial charge in [0.2, 0.25) is 0 Å². The summed E-state index contributed by atoms with van der Waals surface area (Å²) in [4.78, 5) is 0. The van der Waals surface area contributed by atoms with Gasteiger partial charge in [-0.1, -0.05) is 0 Å². The van der Waals surface area contributed by atoms with Gasteiger partial charge in [0.15, 0.2) is 0 Å². The fourth-order valence-electron chi connectivity index (χ4n) is 5.22. The molecule has 1 heteroatoms. The Balaban J connectivity index is 1.87. The Morgan fingerprint density at radius 1 is 0.656 bits per heavy atom. The molecule has 0 bridgehead atoms. The zero-order valence-electron chi connectivity index (χ0n) is 19.8. The minimum absolute atomic E-state index is 0.554. The van der Waals surface area contributed by atoms with Crippen LogP contribution < -0.4 is 0 Å². The van der Waals surface area contributed by atoms with Crippen molar-refractivity contribution < 1.29 is 21.8 Å². The van der Waals surface area contributed by atoms with Crippen LogP contribution in [0.1, 0.15) is 80.0 Å². The second-order valence-electron chi connectivity index (χ2n) is 9.10. The van der Waals surface area contributed by atoms with E-state index in [1.807, 2.05) is 6.56 Å². The number of hydrogen-bond acceptors (Lipinski definition) is 0. The Morgan fingerprint density at radius 3 is 1.50 bits per heavy atom. The summed E-state index contributed by atoms with van der Waals surface area (Å²) in [5.74, 6) is 0. The first kappa shape index (κ1) is 23.4. The molecule has 0 unspecified atom stereocenters. The summed E-state index contributed by atoms with van der Waals surface area (Å²) >= 11 is -2.27. The quantitative estimate of drug-likeness (QED) is 0.288. The van der Waals surface area contributed by atoms with Crippen molar-refractivity contribution >= 4 is 0 Å². The van der Waals surface area contributed by atoms with Crippen LogP contribution in [0.2, 0.25) is 0 Å². The normalized spacial score (nSPS) is 15.5. The molecule has 0 amide bonds. The van der Waals surface area contributed by atoms with E-state index in [9.17, 15) is 0 Å². The molecule has 2 aliphatic rings. The standard InChI is InChI=1S/C13H11.2C9H13.Zr/c1-3-7-12(8-4-1)11-13-9-5-2-6-10-13;2*1-2-3-6-9-7-4-5-8-9;/h1-11H;2*4,7H,2-3,5-6H2,1H3;. The van der Waals surface area contributed by atoms with E-state index in [-0.39, 0.29) is 0 Å². The molecule has 2 aliphatic carbocycles. The molecular weight excluding hydrogens is 464 g/mol. The van der Waals surface area contributed by atoms with Gasteiger partial charge in [0.05, 0.1) is 0 Å². The molecule has 4 rings (SSSR count). The van der Waals surface area contributed by atoms with Crippen LogP contribution in [0.4, 0.5) is 0 Å². The van der Waals surface area contributed by atoms with Crippen LogP contribution in [0.5, 0.6) is 0 Å². The van der Waals surface area contributed by atoms with Crippen molar-refractivity contribution in [3.8, 4) is 0 Å². The molecule has 0 aliphatic heterocycles. The Kier molecular flexibility index (Phi) is 8.75. The average molecular weight is 501 g/mol. The molecule has 0 spiro atoms. The molecule has 0 radical (unpaired) electrons. The van der Waals surface area contributed by atoms with Crippen molar-refractivity contribution in [2.24, 2.45) is 0 Å². The van der Waals surface area contributed by atoms with Crippen molar-refractivity contribution in [3.05, 3.63) is 114 Å². The number of hydrogen-bond donors (Lipinski definition) is 0. The van der Waals surface area contributed by atoms with Crippen LogP contribution in [-0.2, 0) is 21.8 Å². The predicted octanol–water partition coefficient (Wildman–Crippen LogP) is 9.20. The van der Waals surface area contributed by atoms with E-state index in [1.54, 1.807) is 11.1 Å². The fourth-order valence-corrected chi connectivity index (χ4v) is 14.8. The van der Waals surface area contributed by atoms with Gasteiger partial charge >= 0.3 is 204 Å². The molecule has 165 valence electrons. The summed E-state index contributed by atoms with van der Waals surface area (Å²) in [6.07, 6.45) is 19.9. The van der Waals surface area contributed by atoms with Crippen molar-refractivity contribution in [1.29, 1.82) is 0 Å². The van der Waals surface area contributed by atoms with E-state index in [2.05, 4.69) is 98.8 Å². The van der Waals surface area contributed by atoms with Crippen LogP contribution in [0, 0.1) is 0 Å². The summed E-state index contributed by atoms with van der Waals surface area (Å²) in [6.45, 7) is 4.64. The molecule has 0 fully saturated rings. The second-order valence-corrected chi connectivity index (χ2v) is 15.5. The molecule has 0 saturated carbocycles. The number of unbranched alkanes of at least 4 members (excludes halogenated alkanes) is 2. The van der Waals surface area contributed by atoms with Gasteiger partial charge in [0.1, 0.15) is 0 Å². The zero-order chi connectivity index (χ0) is 22.2. The molecule has 0 saturated heterocycles.